The van der Waals surface area contributed by atoms with Gasteiger partial charge in [-0.2, -0.15) is 0 Å². The maximum absolute atomic E-state index is 11.5. The van der Waals surface area contributed by atoms with Crippen LogP contribution in [0, 0.1) is 0 Å². The molecule has 0 aromatic heterocycles. The van der Waals surface area contributed by atoms with Gasteiger partial charge in [-0.15, -0.1) is 0 Å². The highest BCUT2D eigenvalue weighted by atomic mass is 35.5. The largest absolute Gasteiger partial charge is 0.496 e. The Hall–Kier alpha value is -0.780. The molecule has 0 bridgehead atoms. The molecule has 1 aromatic carbocycles. The Kier molecular flexibility index (Phi) is 4.38. The van der Waals surface area contributed by atoms with Crippen molar-refractivity contribution in [3.05, 3.63) is 28.8 Å². The molecule has 1 aliphatic heterocycles. The summed E-state index contributed by atoms with van der Waals surface area (Å²) in [6.45, 7) is 0.629. The van der Waals surface area contributed by atoms with Crippen LogP contribution >= 0.6 is 11.6 Å². The van der Waals surface area contributed by atoms with Gasteiger partial charge in [-0.3, -0.25) is 4.90 Å². The van der Waals surface area contributed by atoms with Crippen molar-refractivity contribution in [3.8, 4) is 5.75 Å². The van der Waals surface area contributed by atoms with Gasteiger partial charge in [0.1, 0.15) is 5.75 Å². The molecule has 4 nitrogen and oxygen atoms in total. The number of benzene rings is 1. The minimum Gasteiger partial charge on any atom is -0.496 e. The number of rotatable bonds is 4. The molecular formula is C13H18ClNO3S. The first-order valence-corrected chi connectivity index (χ1v) is 8.34. The lowest BCUT2D eigenvalue weighted by molar-refractivity contribution is 0.250. The van der Waals surface area contributed by atoms with Gasteiger partial charge in [0.2, 0.25) is 0 Å². The molecule has 6 heteroatoms. The molecule has 106 valence electrons. The molecule has 0 N–H and O–H groups in total. The Morgan fingerprint density at radius 3 is 2.79 bits per heavy atom. The summed E-state index contributed by atoms with van der Waals surface area (Å²) >= 11 is 5.99. The lowest BCUT2D eigenvalue weighted by atomic mass is 10.1. The van der Waals surface area contributed by atoms with E-state index in [9.17, 15) is 8.42 Å². The Morgan fingerprint density at radius 1 is 1.47 bits per heavy atom. The SMILES string of the molecule is COc1ccc(Cl)cc1CN(C)C1CCS(=O)(=O)C1. The maximum atomic E-state index is 11.5. The summed E-state index contributed by atoms with van der Waals surface area (Å²) in [5, 5.41) is 0.656. The van der Waals surface area contributed by atoms with E-state index in [0.717, 1.165) is 11.3 Å². The van der Waals surface area contributed by atoms with Crippen LogP contribution in [0.5, 0.6) is 5.75 Å². The first-order chi connectivity index (χ1) is 8.91. The van der Waals surface area contributed by atoms with Gasteiger partial charge >= 0.3 is 0 Å². The minimum atomic E-state index is -2.86. The molecule has 1 fully saturated rings. The molecule has 19 heavy (non-hydrogen) atoms. The van der Waals surface area contributed by atoms with Crippen LogP contribution < -0.4 is 4.74 Å². The van der Waals surface area contributed by atoms with E-state index in [-0.39, 0.29) is 17.5 Å². The Bertz CT molecular complexity index is 559. The highest BCUT2D eigenvalue weighted by Gasteiger charge is 2.30. The number of hydrogen-bond donors (Lipinski definition) is 0. The first-order valence-electron chi connectivity index (χ1n) is 6.14. The van der Waals surface area contributed by atoms with Crippen LogP contribution in [0.25, 0.3) is 0 Å². The average molecular weight is 304 g/mol. The first kappa shape index (κ1) is 14.6. The van der Waals surface area contributed by atoms with Gasteiger partial charge in [0.05, 0.1) is 18.6 Å². The number of nitrogens with zero attached hydrogens (tertiary/aromatic N) is 1. The van der Waals surface area contributed by atoms with Crippen LogP contribution in [0.3, 0.4) is 0 Å². The number of methoxy groups -OCH3 is 1. The van der Waals surface area contributed by atoms with Gasteiger partial charge in [0, 0.05) is 23.2 Å². The van der Waals surface area contributed by atoms with Gasteiger partial charge in [0.25, 0.3) is 0 Å². The number of hydrogen-bond acceptors (Lipinski definition) is 4. The van der Waals surface area contributed by atoms with Crippen molar-refractivity contribution in [2.45, 2.75) is 19.0 Å². The van der Waals surface area contributed by atoms with E-state index in [0.29, 0.717) is 18.0 Å². The van der Waals surface area contributed by atoms with Crippen LogP contribution in [0.2, 0.25) is 5.02 Å². The number of ether oxygens (including phenoxy) is 1. The maximum Gasteiger partial charge on any atom is 0.151 e. The summed E-state index contributed by atoms with van der Waals surface area (Å²) in [4.78, 5) is 2.05. The lowest BCUT2D eigenvalue weighted by Gasteiger charge is -2.24. The zero-order chi connectivity index (χ0) is 14.0. The van der Waals surface area contributed by atoms with Crippen molar-refractivity contribution in [1.29, 1.82) is 0 Å². The van der Waals surface area contributed by atoms with E-state index >= 15 is 0 Å². The minimum absolute atomic E-state index is 0.0775. The summed E-state index contributed by atoms with van der Waals surface area (Å²) in [6.07, 6.45) is 0.696. The third-order valence-corrected chi connectivity index (χ3v) is 5.48. The average Bonchev–Trinajstić information content (AvgIpc) is 2.70. The van der Waals surface area contributed by atoms with Gasteiger partial charge in [-0.25, -0.2) is 8.42 Å². The number of sulfone groups is 1. The topological polar surface area (TPSA) is 46.6 Å². The van der Waals surface area contributed by atoms with Crippen LogP contribution in [0.4, 0.5) is 0 Å². The smallest absolute Gasteiger partial charge is 0.151 e. The standard InChI is InChI=1S/C13H18ClNO3S/c1-15(12-5-6-19(16,17)9-12)8-10-7-11(14)3-4-13(10)18-2/h3-4,7,12H,5-6,8-9H2,1-2H3. The molecule has 0 spiro atoms. The summed E-state index contributed by atoms with van der Waals surface area (Å²) < 4.78 is 28.3. The van der Waals surface area contributed by atoms with Crippen molar-refractivity contribution >= 4 is 21.4 Å². The van der Waals surface area contributed by atoms with Crippen molar-refractivity contribution in [1.82, 2.24) is 4.90 Å². The second-order valence-corrected chi connectivity index (χ2v) is 7.59. The molecule has 1 unspecified atom stereocenters. The van der Waals surface area contributed by atoms with Gasteiger partial charge in [0.15, 0.2) is 9.84 Å². The van der Waals surface area contributed by atoms with Gasteiger partial charge in [-0.05, 0) is 31.7 Å². The summed E-state index contributed by atoms with van der Waals surface area (Å²) in [7, 11) is 0.699. The van der Waals surface area contributed by atoms with E-state index in [1.165, 1.54) is 0 Å². The monoisotopic (exact) mass is 303 g/mol. The molecular weight excluding hydrogens is 286 g/mol. The van der Waals surface area contributed by atoms with Crippen molar-refractivity contribution in [2.24, 2.45) is 0 Å². The Labute approximate surface area is 119 Å². The molecule has 1 heterocycles. The van der Waals surface area contributed by atoms with E-state index in [2.05, 4.69) is 4.90 Å². The summed E-state index contributed by atoms with van der Waals surface area (Å²) in [5.41, 5.74) is 0.974. The molecule has 1 atom stereocenters. The fourth-order valence-corrected chi connectivity index (χ4v) is 4.39. The Morgan fingerprint density at radius 2 is 2.21 bits per heavy atom. The van der Waals surface area contributed by atoms with E-state index < -0.39 is 9.84 Å². The second-order valence-electron chi connectivity index (χ2n) is 4.93. The lowest BCUT2D eigenvalue weighted by Crippen LogP contribution is -2.32. The van der Waals surface area contributed by atoms with Crippen molar-refractivity contribution < 1.29 is 13.2 Å². The quantitative estimate of drug-likeness (QED) is 0.853. The predicted molar refractivity (Wildman–Crippen MR) is 76.5 cm³/mol. The van der Waals surface area contributed by atoms with E-state index in [1.807, 2.05) is 19.2 Å². The van der Waals surface area contributed by atoms with Crippen LogP contribution in [0.15, 0.2) is 18.2 Å². The van der Waals surface area contributed by atoms with Crippen LogP contribution in [0.1, 0.15) is 12.0 Å². The van der Waals surface area contributed by atoms with E-state index in [4.69, 9.17) is 16.3 Å². The van der Waals surface area contributed by atoms with E-state index in [1.54, 1.807) is 13.2 Å². The molecule has 1 saturated heterocycles. The summed E-state index contributed by atoms with van der Waals surface area (Å²) in [6, 6.07) is 5.55. The van der Waals surface area contributed by atoms with Crippen LogP contribution in [-0.2, 0) is 16.4 Å². The molecule has 1 aromatic rings. The van der Waals surface area contributed by atoms with Crippen molar-refractivity contribution in [2.75, 3.05) is 25.7 Å². The van der Waals surface area contributed by atoms with Gasteiger partial charge in [-0.1, -0.05) is 11.6 Å². The molecule has 1 aliphatic rings. The molecule has 0 amide bonds. The molecule has 0 aliphatic carbocycles. The highest BCUT2D eigenvalue weighted by molar-refractivity contribution is 7.91. The molecule has 0 radical (unpaired) electrons. The fourth-order valence-electron chi connectivity index (χ4n) is 2.39. The van der Waals surface area contributed by atoms with Crippen LogP contribution in [-0.4, -0.2) is 45.0 Å². The zero-order valence-electron chi connectivity index (χ0n) is 11.1. The predicted octanol–water partition coefficient (Wildman–Crippen LogP) is 1.97. The third kappa shape index (κ3) is 3.61. The van der Waals surface area contributed by atoms with Gasteiger partial charge < -0.3 is 4.74 Å². The molecule has 2 rings (SSSR count). The second kappa shape index (κ2) is 5.69. The molecule has 0 saturated carbocycles. The summed E-state index contributed by atoms with van der Waals surface area (Å²) in [5.74, 6) is 1.30. The third-order valence-electron chi connectivity index (χ3n) is 3.49. The normalized spacial score (nSPS) is 21.8. The Balaban J connectivity index is 2.11. The fraction of sp³-hybridized carbons (Fsp3) is 0.538. The highest BCUT2D eigenvalue weighted by Crippen LogP contribution is 2.26. The number of halogens is 1. The van der Waals surface area contributed by atoms with Crippen molar-refractivity contribution in [3.63, 3.8) is 0 Å². The zero-order valence-corrected chi connectivity index (χ0v) is 12.7.